The van der Waals surface area contributed by atoms with Gasteiger partial charge >= 0.3 is 12.1 Å². The molecule has 1 rings (SSSR count). The fourth-order valence-electron chi connectivity index (χ4n) is 2.10. The maximum atomic E-state index is 12.1. The van der Waals surface area contributed by atoms with Crippen molar-refractivity contribution >= 4 is 24.3 Å². The van der Waals surface area contributed by atoms with Gasteiger partial charge < -0.3 is 24.9 Å². The molecule has 27 heavy (non-hydrogen) atoms. The third-order valence-electron chi connectivity index (χ3n) is 3.24. The molecule has 2 N–H and O–H groups in total. The summed E-state index contributed by atoms with van der Waals surface area (Å²) in [4.78, 5) is 46.4. The van der Waals surface area contributed by atoms with Crippen molar-refractivity contribution in [2.45, 2.75) is 51.9 Å². The zero-order chi connectivity index (χ0) is 20.3. The zero-order valence-corrected chi connectivity index (χ0v) is 15.8. The maximum absolute atomic E-state index is 12.1. The lowest BCUT2D eigenvalue weighted by atomic mass is 10.1. The molecule has 1 atom stereocenters. The van der Waals surface area contributed by atoms with E-state index < -0.39 is 29.6 Å². The SMILES string of the molecule is CC(C)(C)OC(=O)CCC(NC(=O)OCc1ccccc1)C(=O)NCC=O. The van der Waals surface area contributed by atoms with Crippen LogP contribution in [0.25, 0.3) is 0 Å². The zero-order valence-electron chi connectivity index (χ0n) is 15.8. The Morgan fingerprint density at radius 2 is 1.81 bits per heavy atom. The van der Waals surface area contributed by atoms with Crippen LogP contribution >= 0.6 is 0 Å². The number of amides is 2. The van der Waals surface area contributed by atoms with Crippen LogP contribution in [-0.2, 0) is 30.5 Å². The lowest BCUT2D eigenvalue weighted by Crippen LogP contribution is -2.47. The van der Waals surface area contributed by atoms with E-state index in [9.17, 15) is 19.2 Å². The highest BCUT2D eigenvalue weighted by molar-refractivity contribution is 5.87. The van der Waals surface area contributed by atoms with Gasteiger partial charge in [-0.25, -0.2) is 4.79 Å². The predicted molar refractivity (Wildman–Crippen MR) is 97.7 cm³/mol. The van der Waals surface area contributed by atoms with Gasteiger partial charge in [-0.1, -0.05) is 30.3 Å². The predicted octanol–water partition coefficient (Wildman–Crippen LogP) is 1.72. The van der Waals surface area contributed by atoms with E-state index in [0.29, 0.717) is 6.29 Å². The number of rotatable bonds is 9. The van der Waals surface area contributed by atoms with E-state index in [1.54, 1.807) is 32.9 Å². The largest absolute Gasteiger partial charge is 0.460 e. The van der Waals surface area contributed by atoms with E-state index in [2.05, 4.69) is 10.6 Å². The van der Waals surface area contributed by atoms with Gasteiger partial charge in [0.05, 0.1) is 6.54 Å². The Balaban J connectivity index is 2.59. The molecule has 0 aliphatic rings. The lowest BCUT2D eigenvalue weighted by Gasteiger charge is -2.21. The number of esters is 1. The van der Waals surface area contributed by atoms with Crippen molar-refractivity contribution in [1.82, 2.24) is 10.6 Å². The fourth-order valence-corrected chi connectivity index (χ4v) is 2.10. The molecule has 148 valence electrons. The molecule has 8 nitrogen and oxygen atoms in total. The second kappa shape index (κ2) is 10.9. The molecule has 2 amide bonds. The van der Waals surface area contributed by atoms with Crippen molar-refractivity contribution in [2.24, 2.45) is 0 Å². The molecular weight excluding hydrogens is 352 g/mol. The molecule has 0 heterocycles. The third-order valence-corrected chi connectivity index (χ3v) is 3.24. The molecule has 1 aromatic carbocycles. The van der Waals surface area contributed by atoms with Gasteiger partial charge in [-0.2, -0.15) is 0 Å². The van der Waals surface area contributed by atoms with Gasteiger partial charge in [0.2, 0.25) is 5.91 Å². The van der Waals surface area contributed by atoms with E-state index in [4.69, 9.17) is 9.47 Å². The summed E-state index contributed by atoms with van der Waals surface area (Å²) in [6.45, 7) is 5.05. The Labute approximate surface area is 158 Å². The molecule has 0 radical (unpaired) electrons. The summed E-state index contributed by atoms with van der Waals surface area (Å²) in [5.74, 6) is -1.07. The Bertz CT molecular complexity index is 639. The Kier molecular flexibility index (Phi) is 8.98. The topological polar surface area (TPSA) is 111 Å². The highest BCUT2D eigenvalue weighted by atomic mass is 16.6. The van der Waals surface area contributed by atoms with Crippen molar-refractivity contribution in [1.29, 1.82) is 0 Å². The van der Waals surface area contributed by atoms with Crippen LogP contribution in [0.3, 0.4) is 0 Å². The highest BCUT2D eigenvalue weighted by Gasteiger charge is 2.24. The van der Waals surface area contributed by atoms with Gasteiger partial charge in [-0.15, -0.1) is 0 Å². The lowest BCUT2D eigenvalue weighted by molar-refractivity contribution is -0.155. The number of carbonyl (C=O) groups excluding carboxylic acids is 4. The highest BCUT2D eigenvalue weighted by Crippen LogP contribution is 2.10. The first-order valence-electron chi connectivity index (χ1n) is 8.61. The first-order chi connectivity index (χ1) is 12.7. The van der Waals surface area contributed by atoms with Crippen molar-refractivity contribution in [3.63, 3.8) is 0 Å². The first kappa shape index (κ1) is 22.1. The first-order valence-corrected chi connectivity index (χ1v) is 8.61. The summed E-state index contributed by atoms with van der Waals surface area (Å²) >= 11 is 0. The molecule has 0 aromatic heterocycles. The molecule has 0 saturated carbocycles. The summed E-state index contributed by atoms with van der Waals surface area (Å²) in [6, 6.07) is 8.03. The number of carbonyl (C=O) groups is 4. The molecule has 8 heteroatoms. The number of nitrogens with one attached hydrogen (secondary N) is 2. The van der Waals surface area contributed by atoms with E-state index in [1.807, 2.05) is 18.2 Å². The second-order valence-corrected chi connectivity index (χ2v) is 6.80. The van der Waals surface area contributed by atoms with Gasteiger partial charge in [-0.05, 0) is 32.8 Å². The summed E-state index contributed by atoms with van der Waals surface area (Å²) < 4.78 is 10.3. The van der Waals surface area contributed by atoms with Crippen LogP contribution in [0.15, 0.2) is 30.3 Å². The standard InChI is InChI=1S/C19H26N2O6/c1-19(2,3)27-16(23)10-9-15(17(24)20-11-12-22)21-18(25)26-13-14-7-5-4-6-8-14/h4-8,12,15H,9-11,13H2,1-3H3,(H,20,24)(H,21,25). The number of hydrogen-bond donors (Lipinski definition) is 2. The fraction of sp³-hybridized carbons (Fsp3) is 0.474. The molecule has 1 unspecified atom stereocenters. The summed E-state index contributed by atoms with van der Waals surface area (Å²) in [5, 5.41) is 4.77. The molecule has 0 fully saturated rings. The molecular formula is C19H26N2O6. The van der Waals surface area contributed by atoms with Gasteiger partial charge in [0.25, 0.3) is 0 Å². The van der Waals surface area contributed by atoms with Crippen molar-refractivity contribution in [2.75, 3.05) is 6.54 Å². The number of aldehydes is 1. The molecule has 0 saturated heterocycles. The average molecular weight is 378 g/mol. The Morgan fingerprint density at radius 1 is 1.15 bits per heavy atom. The summed E-state index contributed by atoms with van der Waals surface area (Å²) in [7, 11) is 0. The second-order valence-electron chi connectivity index (χ2n) is 6.80. The van der Waals surface area contributed by atoms with Crippen molar-refractivity contribution < 1.29 is 28.7 Å². The number of ether oxygens (including phenoxy) is 2. The smallest absolute Gasteiger partial charge is 0.408 e. The van der Waals surface area contributed by atoms with Gasteiger partial charge in [0.1, 0.15) is 24.5 Å². The van der Waals surface area contributed by atoms with E-state index in [-0.39, 0.29) is 26.0 Å². The normalized spacial score (nSPS) is 11.8. The third kappa shape index (κ3) is 9.98. The summed E-state index contributed by atoms with van der Waals surface area (Å²) in [5.41, 5.74) is 0.150. The minimum absolute atomic E-state index is 0.0139. The number of hydrogen-bond acceptors (Lipinski definition) is 6. The molecule has 0 aliphatic carbocycles. The minimum Gasteiger partial charge on any atom is -0.460 e. The van der Waals surface area contributed by atoms with Crippen LogP contribution in [0.2, 0.25) is 0 Å². The maximum Gasteiger partial charge on any atom is 0.408 e. The van der Waals surface area contributed by atoms with E-state index in [1.165, 1.54) is 0 Å². The van der Waals surface area contributed by atoms with Crippen molar-refractivity contribution in [3.05, 3.63) is 35.9 Å². The molecule has 0 spiro atoms. The summed E-state index contributed by atoms with van der Waals surface area (Å²) in [6.07, 6.45) is -0.333. The van der Waals surface area contributed by atoms with Crippen LogP contribution in [0.5, 0.6) is 0 Å². The van der Waals surface area contributed by atoms with E-state index >= 15 is 0 Å². The van der Waals surface area contributed by atoms with Crippen LogP contribution in [0.1, 0.15) is 39.2 Å². The van der Waals surface area contributed by atoms with Gasteiger partial charge in [0, 0.05) is 6.42 Å². The molecule has 1 aromatic rings. The monoisotopic (exact) mass is 378 g/mol. The van der Waals surface area contributed by atoms with Crippen LogP contribution < -0.4 is 10.6 Å². The molecule has 0 bridgehead atoms. The average Bonchev–Trinajstić information content (AvgIpc) is 2.60. The Hall–Kier alpha value is -2.90. The number of benzene rings is 1. The van der Waals surface area contributed by atoms with Crippen LogP contribution in [-0.4, -0.2) is 42.4 Å². The van der Waals surface area contributed by atoms with Gasteiger partial charge in [-0.3, -0.25) is 9.59 Å². The molecule has 0 aliphatic heterocycles. The van der Waals surface area contributed by atoms with E-state index in [0.717, 1.165) is 5.56 Å². The van der Waals surface area contributed by atoms with Gasteiger partial charge in [0.15, 0.2) is 0 Å². The quantitative estimate of drug-likeness (QED) is 0.500. The van der Waals surface area contributed by atoms with Crippen LogP contribution in [0.4, 0.5) is 4.79 Å². The number of alkyl carbamates (subject to hydrolysis) is 1. The van der Waals surface area contributed by atoms with Crippen molar-refractivity contribution in [3.8, 4) is 0 Å². The Morgan fingerprint density at radius 3 is 2.41 bits per heavy atom. The van der Waals surface area contributed by atoms with Crippen LogP contribution in [0, 0.1) is 0 Å². The minimum atomic E-state index is -1.03.